The molecule has 0 aliphatic rings. The fraction of sp³-hybridized carbons (Fsp3) is 0.429. The largest absolute Gasteiger partial charge is 0.409 e. The lowest BCUT2D eigenvalue weighted by Crippen LogP contribution is -2.37. The van der Waals surface area contributed by atoms with Crippen LogP contribution in [0.1, 0.15) is 30.5 Å². The zero-order valence-electron chi connectivity index (χ0n) is 12.1. The second-order valence-electron chi connectivity index (χ2n) is 4.95. The molecule has 110 valence electrons. The van der Waals surface area contributed by atoms with Gasteiger partial charge in [-0.3, -0.25) is 4.79 Å². The van der Waals surface area contributed by atoms with E-state index in [1.807, 2.05) is 32.9 Å². The molecule has 1 amide bonds. The number of amides is 1. The minimum absolute atomic E-state index is 0.0223. The Morgan fingerprint density at radius 2 is 2.15 bits per heavy atom. The average Bonchev–Trinajstić information content (AvgIpc) is 2.38. The van der Waals surface area contributed by atoms with Gasteiger partial charge in [-0.05, 0) is 38.0 Å². The van der Waals surface area contributed by atoms with Gasteiger partial charge < -0.3 is 21.6 Å². The Morgan fingerprint density at radius 3 is 2.70 bits per heavy atom. The molecule has 6 heteroatoms. The molecule has 0 saturated heterocycles. The smallest absolute Gasteiger partial charge is 0.234 e. The van der Waals surface area contributed by atoms with Gasteiger partial charge in [-0.25, -0.2) is 0 Å². The van der Waals surface area contributed by atoms with E-state index in [1.54, 1.807) is 6.07 Å². The molecule has 6 nitrogen and oxygen atoms in total. The monoisotopic (exact) mass is 278 g/mol. The molecule has 0 saturated carbocycles. The van der Waals surface area contributed by atoms with Crippen LogP contribution in [0.3, 0.4) is 0 Å². The van der Waals surface area contributed by atoms with E-state index in [4.69, 9.17) is 10.9 Å². The molecule has 5 N–H and O–H groups in total. The molecule has 0 radical (unpaired) electrons. The molecule has 0 fully saturated rings. The van der Waals surface area contributed by atoms with Crippen LogP contribution in [-0.4, -0.2) is 29.5 Å². The summed E-state index contributed by atoms with van der Waals surface area (Å²) in [6.07, 6.45) is 0. The minimum atomic E-state index is -0.0223. The van der Waals surface area contributed by atoms with Crippen molar-refractivity contribution in [2.45, 2.75) is 33.4 Å². The number of carbonyl (C=O) groups excluding carboxylic acids is 1. The molecule has 1 rings (SSSR count). The van der Waals surface area contributed by atoms with Crippen LogP contribution in [0, 0.1) is 6.92 Å². The lowest BCUT2D eigenvalue weighted by atomic mass is 10.0. The van der Waals surface area contributed by atoms with Gasteiger partial charge in [0, 0.05) is 18.2 Å². The standard InChI is InChI=1S/C14H22N4O2/c1-9(2)17-13(19)8-16-7-12-5-4-11(6-10(12)3)14(15)18-20/h4-6,9,16,20H,7-8H2,1-3H3,(H2,15,18)(H,17,19). The zero-order chi connectivity index (χ0) is 15.1. The SMILES string of the molecule is Cc1cc(/C(N)=N/O)ccc1CNCC(=O)NC(C)C. The Bertz CT molecular complexity index is 498. The van der Waals surface area contributed by atoms with Crippen molar-refractivity contribution >= 4 is 11.7 Å². The summed E-state index contributed by atoms with van der Waals surface area (Å²) in [6.45, 7) is 6.66. The van der Waals surface area contributed by atoms with Crippen LogP contribution >= 0.6 is 0 Å². The van der Waals surface area contributed by atoms with Crippen molar-refractivity contribution in [2.75, 3.05) is 6.54 Å². The number of rotatable bonds is 6. The third kappa shape index (κ3) is 4.89. The van der Waals surface area contributed by atoms with Gasteiger partial charge >= 0.3 is 0 Å². The highest BCUT2D eigenvalue weighted by molar-refractivity contribution is 5.97. The van der Waals surface area contributed by atoms with Crippen LogP contribution in [0.15, 0.2) is 23.4 Å². The van der Waals surface area contributed by atoms with Gasteiger partial charge in [0.2, 0.25) is 5.91 Å². The highest BCUT2D eigenvalue weighted by Gasteiger charge is 2.05. The van der Waals surface area contributed by atoms with E-state index in [0.717, 1.165) is 11.1 Å². The molecule has 20 heavy (non-hydrogen) atoms. The highest BCUT2D eigenvalue weighted by atomic mass is 16.4. The number of amidine groups is 1. The molecule has 1 aromatic rings. The van der Waals surface area contributed by atoms with Gasteiger partial charge in [0.15, 0.2) is 5.84 Å². The maximum Gasteiger partial charge on any atom is 0.234 e. The third-order valence-electron chi connectivity index (χ3n) is 2.80. The first-order valence-electron chi connectivity index (χ1n) is 6.51. The number of carbonyl (C=O) groups is 1. The fourth-order valence-corrected chi connectivity index (χ4v) is 1.79. The van der Waals surface area contributed by atoms with Crippen LogP contribution < -0.4 is 16.4 Å². The van der Waals surface area contributed by atoms with E-state index in [9.17, 15) is 4.79 Å². The summed E-state index contributed by atoms with van der Waals surface area (Å²) in [5, 5.41) is 17.5. The van der Waals surface area contributed by atoms with Crippen LogP contribution in [0.4, 0.5) is 0 Å². The van der Waals surface area contributed by atoms with E-state index >= 15 is 0 Å². The summed E-state index contributed by atoms with van der Waals surface area (Å²) in [4.78, 5) is 11.5. The number of nitrogens with one attached hydrogen (secondary N) is 2. The molecule has 0 bridgehead atoms. The number of hydrogen-bond donors (Lipinski definition) is 4. The van der Waals surface area contributed by atoms with E-state index in [1.165, 1.54) is 0 Å². The van der Waals surface area contributed by atoms with Gasteiger partial charge in [0.25, 0.3) is 0 Å². The van der Waals surface area contributed by atoms with E-state index < -0.39 is 0 Å². The van der Waals surface area contributed by atoms with Crippen molar-refractivity contribution < 1.29 is 10.0 Å². The Balaban J connectivity index is 2.55. The fourth-order valence-electron chi connectivity index (χ4n) is 1.79. The zero-order valence-corrected chi connectivity index (χ0v) is 12.1. The second kappa shape index (κ2) is 7.49. The Morgan fingerprint density at radius 1 is 1.45 bits per heavy atom. The van der Waals surface area contributed by atoms with E-state index in [-0.39, 0.29) is 24.3 Å². The van der Waals surface area contributed by atoms with Crippen LogP contribution in [0.5, 0.6) is 0 Å². The first-order valence-corrected chi connectivity index (χ1v) is 6.51. The summed E-state index contributed by atoms with van der Waals surface area (Å²) in [5.41, 5.74) is 8.29. The number of aryl methyl sites for hydroxylation is 1. The van der Waals surface area contributed by atoms with Gasteiger partial charge in [0.1, 0.15) is 0 Å². The quantitative estimate of drug-likeness (QED) is 0.266. The summed E-state index contributed by atoms with van der Waals surface area (Å²) < 4.78 is 0. The number of hydrogen-bond acceptors (Lipinski definition) is 4. The lowest BCUT2D eigenvalue weighted by molar-refractivity contribution is -0.120. The maximum absolute atomic E-state index is 11.5. The summed E-state index contributed by atoms with van der Waals surface area (Å²) in [6, 6.07) is 5.68. The van der Waals surface area contributed by atoms with Crippen molar-refractivity contribution in [1.29, 1.82) is 0 Å². The topological polar surface area (TPSA) is 99.7 Å². The molecule has 0 aliphatic carbocycles. The van der Waals surface area contributed by atoms with E-state index in [0.29, 0.717) is 12.1 Å². The van der Waals surface area contributed by atoms with Crippen molar-refractivity contribution in [3.63, 3.8) is 0 Å². The lowest BCUT2D eigenvalue weighted by Gasteiger charge is -2.11. The van der Waals surface area contributed by atoms with Crippen molar-refractivity contribution in [3.05, 3.63) is 34.9 Å². The molecular formula is C14H22N4O2. The molecule has 0 aliphatic heterocycles. The van der Waals surface area contributed by atoms with Crippen LogP contribution in [0.25, 0.3) is 0 Å². The molecule has 0 atom stereocenters. The van der Waals surface area contributed by atoms with Gasteiger partial charge in [-0.15, -0.1) is 0 Å². The van der Waals surface area contributed by atoms with Crippen LogP contribution in [-0.2, 0) is 11.3 Å². The van der Waals surface area contributed by atoms with E-state index in [2.05, 4.69) is 15.8 Å². The normalized spacial score (nSPS) is 11.7. The molecule has 0 heterocycles. The Labute approximate surface area is 119 Å². The van der Waals surface area contributed by atoms with Crippen LogP contribution in [0.2, 0.25) is 0 Å². The third-order valence-corrected chi connectivity index (χ3v) is 2.80. The van der Waals surface area contributed by atoms with Crippen molar-refractivity contribution in [1.82, 2.24) is 10.6 Å². The molecular weight excluding hydrogens is 256 g/mol. The first kappa shape index (κ1) is 16.0. The molecule has 0 unspecified atom stereocenters. The maximum atomic E-state index is 11.5. The highest BCUT2D eigenvalue weighted by Crippen LogP contribution is 2.10. The summed E-state index contributed by atoms with van der Waals surface area (Å²) in [5.74, 6) is 0.0647. The van der Waals surface area contributed by atoms with Crippen molar-refractivity contribution in [3.8, 4) is 0 Å². The Hall–Kier alpha value is -2.08. The number of nitrogens with two attached hydrogens (primary N) is 1. The second-order valence-corrected chi connectivity index (χ2v) is 4.95. The van der Waals surface area contributed by atoms with Gasteiger partial charge in [-0.2, -0.15) is 0 Å². The summed E-state index contributed by atoms with van der Waals surface area (Å²) in [7, 11) is 0. The first-order chi connectivity index (χ1) is 9.43. The predicted molar refractivity (Wildman–Crippen MR) is 78.7 cm³/mol. The van der Waals surface area contributed by atoms with Gasteiger partial charge in [-0.1, -0.05) is 17.3 Å². The number of nitrogens with zero attached hydrogens (tertiary/aromatic N) is 1. The van der Waals surface area contributed by atoms with Gasteiger partial charge in [0.05, 0.1) is 6.54 Å². The number of oxime groups is 1. The molecule has 0 spiro atoms. The van der Waals surface area contributed by atoms with Crippen molar-refractivity contribution in [2.24, 2.45) is 10.9 Å². The average molecular weight is 278 g/mol. The number of benzene rings is 1. The minimum Gasteiger partial charge on any atom is -0.409 e. The Kier molecular flexibility index (Phi) is 5.99. The molecule has 0 aromatic heterocycles. The summed E-state index contributed by atoms with van der Waals surface area (Å²) >= 11 is 0. The molecule has 1 aromatic carbocycles. The predicted octanol–water partition coefficient (Wildman–Crippen LogP) is 0.704.